The minimum atomic E-state index is -3.48. The van der Waals surface area contributed by atoms with Crippen molar-refractivity contribution in [2.45, 2.75) is 70.8 Å². The molecule has 2 aliphatic carbocycles. The molecule has 0 saturated carbocycles. The maximum Gasteiger partial charge on any atom is 0.331 e. The quantitative estimate of drug-likeness (QED) is 0.676. The Labute approximate surface area is 189 Å². The van der Waals surface area contributed by atoms with Crippen LogP contribution in [0.15, 0.2) is 21.9 Å². The highest BCUT2D eigenvalue weighted by Gasteiger charge is 2.36. The van der Waals surface area contributed by atoms with Gasteiger partial charge in [-0.1, -0.05) is 10.4 Å². The van der Waals surface area contributed by atoms with Crippen LogP contribution in [0.5, 0.6) is 0 Å². The first-order valence-corrected chi connectivity index (χ1v) is 12.7. The number of hydrogen-bond acceptors (Lipinski definition) is 5. The Kier molecular flexibility index (Phi) is 5.99. The second kappa shape index (κ2) is 8.58. The predicted octanol–water partition coefficient (Wildman–Crippen LogP) is 3.56. The number of nitriles is 1. The number of nitrogens with one attached hydrogen (secondary N) is 2. The smallest absolute Gasteiger partial charge is 0.331 e. The third kappa shape index (κ3) is 4.24. The number of nitrogens with zero attached hydrogens (tertiary/aromatic N) is 3. The molecule has 3 amide bonds. The van der Waals surface area contributed by atoms with Gasteiger partial charge in [-0.3, -0.25) is 4.79 Å². The molecule has 1 unspecified atom stereocenters. The lowest BCUT2D eigenvalue weighted by Crippen LogP contribution is -2.42. The van der Waals surface area contributed by atoms with Crippen LogP contribution in [0.2, 0.25) is 0 Å². The number of carbonyl (C=O) groups excluding carboxylic acids is 2. The molecule has 0 aromatic heterocycles. The number of anilines is 1. The highest BCUT2D eigenvalue weighted by atomic mass is 32.2. The van der Waals surface area contributed by atoms with Crippen LogP contribution < -0.4 is 10.0 Å². The maximum atomic E-state index is 13.3. The second-order valence-corrected chi connectivity index (χ2v) is 10.8. The molecular weight excluding hydrogens is 426 g/mol. The van der Waals surface area contributed by atoms with Crippen LogP contribution >= 0.6 is 0 Å². The molecule has 1 heterocycles. The zero-order valence-electron chi connectivity index (χ0n) is 18.6. The van der Waals surface area contributed by atoms with Gasteiger partial charge in [0.05, 0.1) is 5.54 Å². The Morgan fingerprint density at radius 2 is 1.84 bits per heavy atom. The lowest BCUT2D eigenvalue weighted by molar-refractivity contribution is -0.131. The van der Waals surface area contributed by atoms with Gasteiger partial charge in [-0.25, -0.2) is 13.7 Å². The van der Waals surface area contributed by atoms with Crippen molar-refractivity contribution in [2.75, 3.05) is 11.9 Å². The Hall–Kier alpha value is -2.86. The topological polar surface area (TPSA) is 115 Å². The molecule has 2 N–H and O–H groups in total. The summed E-state index contributed by atoms with van der Waals surface area (Å²) in [5, 5.41) is 13.3. The van der Waals surface area contributed by atoms with E-state index in [-0.39, 0.29) is 5.91 Å². The largest absolute Gasteiger partial charge is 0.334 e. The molecule has 1 aromatic rings. The summed E-state index contributed by atoms with van der Waals surface area (Å²) >= 11 is 0. The molecule has 1 saturated heterocycles. The molecule has 0 radical (unpaired) electrons. The minimum Gasteiger partial charge on any atom is -0.334 e. The zero-order valence-corrected chi connectivity index (χ0v) is 19.4. The van der Waals surface area contributed by atoms with Gasteiger partial charge < -0.3 is 10.2 Å². The van der Waals surface area contributed by atoms with Gasteiger partial charge in [-0.05, 0) is 86.6 Å². The fraction of sp³-hybridized carbons (Fsp3) is 0.522. The van der Waals surface area contributed by atoms with Crippen molar-refractivity contribution < 1.29 is 13.8 Å². The molecule has 32 heavy (non-hydrogen) atoms. The first kappa shape index (κ1) is 22.3. The van der Waals surface area contributed by atoms with Gasteiger partial charge in [0.2, 0.25) is 12.1 Å². The highest BCUT2D eigenvalue weighted by molar-refractivity contribution is 7.95. The summed E-state index contributed by atoms with van der Waals surface area (Å²) < 4.78 is 19.2. The van der Waals surface area contributed by atoms with Crippen LogP contribution in [-0.2, 0) is 40.4 Å². The number of carbonyl (C=O) groups is 2. The van der Waals surface area contributed by atoms with E-state index in [4.69, 9.17) is 5.26 Å². The van der Waals surface area contributed by atoms with Crippen molar-refractivity contribution in [3.8, 4) is 6.19 Å². The molecule has 1 aliphatic heterocycles. The summed E-state index contributed by atoms with van der Waals surface area (Å²) in [5.74, 6) is -0.0733. The van der Waals surface area contributed by atoms with Crippen LogP contribution in [0.3, 0.4) is 0 Å². The van der Waals surface area contributed by atoms with Gasteiger partial charge in [-0.15, -0.1) is 0 Å². The summed E-state index contributed by atoms with van der Waals surface area (Å²) in [6.45, 7) is 3.99. The van der Waals surface area contributed by atoms with Gasteiger partial charge in [0, 0.05) is 24.6 Å². The molecule has 1 fully saturated rings. The van der Waals surface area contributed by atoms with E-state index >= 15 is 0 Å². The van der Waals surface area contributed by atoms with Crippen molar-refractivity contribution in [1.82, 2.24) is 9.62 Å². The first-order valence-electron chi connectivity index (χ1n) is 11.1. The van der Waals surface area contributed by atoms with Gasteiger partial charge in [-0.2, -0.15) is 5.26 Å². The number of amides is 3. The van der Waals surface area contributed by atoms with Crippen LogP contribution in [-0.4, -0.2) is 33.1 Å². The Morgan fingerprint density at radius 3 is 2.44 bits per heavy atom. The number of rotatable bonds is 4. The standard InChI is InChI=1S/C23H29N5O3S/c1-16(29)28-12-5-10-23(28,2)11-13-32(31,25-15-24)27-22(30)26-21-19-8-3-6-17(19)14-18-7-4-9-20(18)21/h11,13-14H,3-10,12H2,1-2H3,(H2,25,26,27,30,31)/b13-11+/t23-,32?/m1/s1. The molecule has 0 spiro atoms. The summed E-state index contributed by atoms with van der Waals surface area (Å²) in [5.41, 5.74) is 5.09. The lowest BCUT2D eigenvalue weighted by atomic mass is 9.99. The Balaban J connectivity index is 1.57. The molecule has 9 heteroatoms. The number of likely N-dealkylation sites (tertiary alicyclic amines) is 1. The van der Waals surface area contributed by atoms with Crippen LogP contribution in [0, 0.1) is 11.5 Å². The maximum absolute atomic E-state index is 13.3. The lowest BCUT2D eigenvalue weighted by Gasteiger charge is -2.31. The average Bonchev–Trinajstić information content (AvgIpc) is 3.46. The normalized spacial score (nSPS) is 23.3. The van der Waals surface area contributed by atoms with Crippen molar-refractivity contribution in [3.63, 3.8) is 0 Å². The van der Waals surface area contributed by atoms with Crippen molar-refractivity contribution in [2.24, 2.45) is 4.36 Å². The minimum absolute atomic E-state index is 0.0733. The van der Waals surface area contributed by atoms with Crippen LogP contribution in [0.4, 0.5) is 10.5 Å². The van der Waals surface area contributed by atoms with E-state index in [9.17, 15) is 13.8 Å². The number of aryl methyl sites for hydroxylation is 2. The number of urea groups is 1. The third-order valence-corrected chi connectivity index (χ3v) is 8.14. The number of fused-ring (bicyclic) bond motifs is 2. The van der Waals surface area contributed by atoms with Crippen molar-refractivity contribution in [3.05, 3.63) is 39.8 Å². The summed E-state index contributed by atoms with van der Waals surface area (Å²) in [6.07, 6.45) is 10.7. The third-order valence-electron chi connectivity index (χ3n) is 6.80. The molecule has 2 atom stereocenters. The first-order chi connectivity index (χ1) is 15.2. The molecule has 170 valence electrons. The van der Waals surface area contributed by atoms with E-state index in [1.807, 2.05) is 6.92 Å². The van der Waals surface area contributed by atoms with Gasteiger partial charge >= 0.3 is 6.03 Å². The summed E-state index contributed by atoms with van der Waals surface area (Å²) in [4.78, 5) is 26.5. The van der Waals surface area contributed by atoms with Gasteiger partial charge in [0.15, 0.2) is 9.92 Å². The number of benzene rings is 1. The van der Waals surface area contributed by atoms with Gasteiger partial charge in [0.25, 0.3) is 0 Å². The zero-order chi connectivity index (χ0) is 22.9. The molecule has 0 bridgehead atoms. The second-order valence-electron chi connectivity index (χ2n) is 8.98. The molecule has 3 aliphatic rings. The van der Waals surface area contributed by atoms with Crippen molar-refractivity contribution >= 4 is 27.5 Å². The summed E-state index contributed by atoms with van der Waals surface area (Å²) in [6, 6.07) is 1.63. The monoisotopic (exact) mass is 455 g/mol. The van der Waals surface area contributed by atoms with E-state index in [1.165, 1.54) is 23.5 Å². The van der Waals surface area contributed by atoms with E-state index < -0.39 is 21.5 Å². The molecular formula is C23H29N5O3S. The molecule has 8 nitrogen and oxygen atoms in total. The SMILES string of the molecule is CC(=O)N1CCC[C@]1(C)/C=C/S(=O)(=NC#N)NC(=O)Nc1c2c(cc3c1CCC3)CCC2. The highest BCUT2D eigenvalue weighted by Crippen LogP contribution is 2.38. The Morgan fingerprint density at radius 1 is 1.19 bits per heavy atom. The predicted molar refractivity (Wildman–Crippen MR) is 123 cm³/mol. The van der Waals surface area contributed by atoms with Crippen LogP contribution in [0.1, 0.15) is 61.8 Å². The summed E-state index contributed by atoms with van der Waals surface area (Å²) in [7, 11) is -3.48. The molecule has 4 rings (SSSR count). The van der Waals surface area contributed by atoms with E-state index in [1.54, 1.807) is 17.2 Å². The Bertz CT molecular complexity index is 1130. The average molecular weight is 456 g/mol. The van der Waals surface area contributed by atoms with E-state index in [0.717, 1.165) is 61.8 Å². The van der Waals surface area contributed by atoms with Crippen LogP contribution in [0.25, 0.3) is 0 Å². The molecule has 1 aromatic carbocycles. The fourth-order valence-corrected chi connectivity index (χ4v) is 6.39. The van der Waals surface area contributed by atoms with Gasteiger partial charge in [0.1, 0.15) is 0 Å². The van der Waals surface area contributed by atoms with E-state index in [0.29, 0.717) is 13.0 Å². The van der Waals surface area contributed by atoms with E-state index in [2.05, 4.69) is 20.5 Å². The fourth-order valence-electron chi connectivity index (χ4n) is 5.30. The number of hydrogen-bond donors (Lipinski definition) is 2. The van der Waals surface area contributed by atoms with Crippen molar-refractivity contribution in [1.29, 1.82) is 5.26 Å².